The van der Waals surface area contributed by atoms with E-state index >= 15 is 0 Å². The molecule has 1 aromatic heterocycles. The quantitative estimate of drug-likeness (QED) is 0.402. The van der Waals surface area contributed by atoms with E-state index in [4.69, 9.17) is 4.74 Å². The van der Waals surface area contributed by atoms with Crippen molar-refractivity contribution in [3.63, 3.8) is 0 Å². The molecule has 0 radical (unpaired) electrons. The van der Waals surface area contributed by atoms with Crippen molar-refractivity contribution in [2.24, 2.45) is 5.10 Å². The van der Waals surface area contributed by atoms with Gasteiger partial charge in [-0.2, -0.15) is 5.10 Å². The average Bonchev–Trinajstić information content (AvgIpc) is 2.47. The number of aromatic hydroxyl groups is 1. The van der Waals surface area contributed by atoms with E-state index < -0.39 is 10.5 Å². The van der Waals surface area contributed by atoms with Crippen LogP contribution in [0.1, 0.15) is 5.56 Å². The highest BCUT2D eigenvalue weighted by molar-refractivity contribution is 5.87. The fraction of sp³-hybridized carbons (Fsp3) is 0.0909. The lowest BCUT2D eigenvalue weighted by Crippen LogP contribution is -2.10. The lowest BCUT2D eigenvalue weighted by Gasteiger charge is -2.04. The van der Waals surface area contributed by atoms with Crippen molar-refractivity contribution in [2.45, 2.75) is 0 Å². The van der Waals surface area contributed by atoms with Crippen molar-refractivity contribution in [1.29, 1.82) is 0 Å². The second-order valence-corrected chi connectivity index (χ2v) is 3.89. The predicted molar refractivity (Wildman–Crippen MR) is 75.2 cm³/mol. The number of hydrogen-bond acceptors (Lipinski definition) is 9. The van der Waals surface area contributed by atoms with Crippen LogP contribution < -0.4 is 15.7 Å². The number of anilines is 1. The number of phenols is 1. The molecule has 0 aliphatic heterocycles. The third kappa shape index (κ3) is 3.33. The predicted octanol–water partition coefficient (Wildman–Crippen LogP) is 0.233. The molecule has 0 saturated carbocycles. The summed E-state index contributed by atoms with van der Waals surface area (Å²) in [6.45, 7) is 0. The van der Waals surface area contributed by atoms with Gasteiger partial charge in [0.25, 0.3) is 11.2 Å². The number of phenolic OH excluding ortho intramolecular Hbond substituents is 1. The minimum atomic E-state index is -0.645. The number of methoxy groups -OCH3 is 1. The van der Waals surface area contributed by atoms with E-state index in [-0.39, 0.29) is 28.7 Å². The summed E-state index contributed by atoms with van der Waals surface area (Å²) in [7, 11) is 1.28. The van der Waals surface area contributed by atoms with Gasteiger partial charge in [-0.1, -0.05) is 0 Å². The number of benzene rings is 1. The number of H-pyrrole nitrogens is 1. The number of hydrogen-bond donors (Lipinski definition) is 3. The Morgan fingerprint density at radius 1 is 1.55 bits per heavy atom. The lowest BCUT2D eigenvalue weighted by atomic mass is 10.1. The molecule has 1 heterocycles. The van der Waals surface area contributed by atoms with Crippen molar-refractivity contribution in [3.05, 3.63) is 44.4 Å². The topological polar surface area (TPSA) is 156 Å². The Morgan fingerprint density at radius 2 is 2.32 bits per heavy atom. The summed E-state index contributed by atoms with van der Waals surface area (Å²) in [4.78, 5) is 23.6. The number of ether oxygens (including phenoxy) is 1. The van der Waals surface area contributed by atoms with Gasteiger partial charge >= 0.3 is 0 Å². The number of hydrazone groups is 1. The number of nitrogens with one attached hydrogen (secondary N) is 2. The summed E-state index contributed by atoms with van der Waals surface area (Å²) in [6, 6.07) is 2.20. The maximum atomic E-state index is 11.0. The number of nitrogens with zero attached hydrogens (tertiary/aromatic N) is 4. The number of aromatic nitrogens is 3. The van der Waals surface area contributed by atoms with Gasteiger partial charge in [-0.15, -0.1) is 10.2 Å². The monoisotopic (exact) mass is 306 g/mol. The summed E-state index contributed by atoms with van der Waals surface area (Å²) < 4.78 is 4.81. The maximum absolute atomic E-state index is 11.0. The van der Waals surface area contributed by atoms with Crippen LogP contribution in [0.5, 0.6) is 11.5 Å². The molecule has 1 aromatic carbocycles. The third-order valence-corrected chi connectivity index (χ3v) is 2.47. The first-order valence-corrected chi connectivity index (χ1v) is 5.77. The molecule has 0 fully saturated rings. The van der Waals surface area contributed by atoms with Gasteiger partial charge in [0.15, 0.2) is 11.5 Å². The van der Waals surface area contributed by atoms with Gasteiger partial charge in [0.05, 0.1) is 29.9 Å². The van der Waals surface area contributed by atoms with Crippen molar-refractivity contribution in [1.82, 2.24) is 15.2 Å². The molecule has 0 aliphatic rings. The molecule has 0 saturated heterocycles. The fourth-order valence-electron chi connectivity index (χ4n) is 1.53. The second kappa shape index (κ2) is 6.30. The number of aromatic amines is 1. The first-order chi connectivity index (χ1) is 10.5. The van der Waals surface area contributed by atoms with Gasteiger partial charge in [0.1, 0.15) is 6.20 Å². The number of rotatable bonds is 5. The smallest absolute Gasteiger partial charge is 0.282 e. The van der Waals surface area contributed by atoms with Crippen LogP contribution in [0.3, 0.4) is 0 Å². The van der Waals surface area contributed by atoms with Crippen LogP contribution in [-0.4, -0.2) is 38.5 Å². The number of nitro benzene ring substituents is 1. The van der Waals surface area contributed by atoms with Crippen LogP contribution >= 0.6 is 0 Å². The van der Waals surface area contributed by atoms with E-state index in [1.165, 1.54) is 7.11 Å². The second-order valence-electron chi connectivity index (χ2n) is 3.89. The molecule has 3 N–H and O–H groups in total. The molecule has 11 heteroatoms. The highest BCUT2D eigenvalue weighted by atomic mass is 16.6. The minimum Gasteiger partial charge on any atom is -0.504 e. The van der Waals surface area contributed by atoms with Crippen LogP contribution in [-0.2, 0) is 0 Å². The first-order valence-electron chi connectivity index (χ1n) is 5.77. The van der Waals surface area contributed by atoms with Crippen molar-refractivity contribution in [3.8, 4) is 11.5 Å². The molecule has 0 aliphatic carbocycles. The average molecular weight is 306 g/mol. The molecular formula is C11H10N6O5. The molecular weight excluding hydrogens is 296 g/mol. The zero-order chi connectivity index (χ0) is 16.1. The van der Waals surface area contributed by atoms with Gasteiger partial charge < -0.3 is 9.84 Å². The summed E-state index contributed by atoms with van der Waals surface area (Å²) in [5.41, 5.74) is 1.59. The molecule has 2 aromatic rings. The summed E-state index contributed by atoms with van der Waals surface area (Å²) in [5, 5.41) is 31.3. The molecule has 22 heavy (non-hydrogen) atoms. The zero-order valence-corrected chi connectivity index (χ0v) is 11.2. The SMILES string of the molecule is COc1cc([N+](=O)[O-])c(/C=N/Nc2nncc(=O)[nH]2)cc1O. The Hall–Kier alpha value is -3.50. The van der Waals surface area contributed by atoms with E-state index in [2.05, 4.69) is 25.7 Å². The largest absolute Gasteiger partial charge is 0.504 e. The Balaban J connectivity index is 2.28. The Labute approximate surface area is 122 Å². The van der Waals surface area contributed by atoms with E-state index in [1.54, 1.807) is 0 Å². The van der Waals surface area contributed by atoms with Gasteiger partial charge in [-0.05, 0) is 6.07 Å². The third-order valence-electron chi connectivity index (χ3n) is 2.47. The van der Waals surface area contributed by atoms with Crippen LogP contribution in [0.15, 0.2) is 28.2 Å². The maximum Gasteiger partial charge on any atom is 0.282 e. The standard InChI is InChI=1S/C11H10N6O5/c1-22-9-3-7(17(20)21)6(2-8(9)18)4-12-15-11-14-10(19)5-13-16-11/h2-5,18H,1H3,(H2,14,15,16,19)/b12-4+. The summed E-state index contributed by atoms with van der Waals surface area (Å²) >= 11 is 0. The minimum absolute atomic E-state index is 0.0297. The Bertz CT molecular complexity index is 787. The van der Waals surface area contributed by atoms with Crippen molar-refractivity contribution in [2.75, 3.05) is 12.5 Å². The molecule has 0 atom stereocenters. The van der Waals surface area contributed by atoms with E-state index in [1.807, 2.05) is 0 Å². The molecule has 114 valence electrons. The molecule has 0 bridgehead atoms. The molecule has 11 nitrogen and oxygen atoms in total. The van der Waals surface area contributed by atoms with Crippen LogP contribution in [0.4, 0.5) is 11.6 Å². The van der Waals surface area contributed by atoms with E-state index in [0.29, 0.717) is 0 Å². The highest BCUT2D eigenvalue weighted by Gasteiger charge is 2.17. The zero-order valence-electron chi connectivity index (χ0n) is 11.2. The van der Waals surface area contributed by atoms with E-state index in [9.17, 15) is 20.0 Å². The number of nitro groups is 1. The molecule has 2 rings (SSSR count). The van der Waals surface area contributed by atoms with Crippen molar-refractivity contribution < 1.29 is 14.8 Å². The molecule has 0 unspecified atom stereocenters. The summed E-state index contributed by atoms with van der Waals surface area (Å²) in [5.74, 6) is -0.346. The van der Waals surface area contributed by atoms with Gasteiger partial charge in [-0.25, -0.2) is 5.43 Å². The highest BCUT2D eigenvalue weighted by Crippen LogP contribution is 2.32. The molecule has 0 spiro atoms. The van der Waals surface area contributed by atoms with Gasteiger partial charge in [0, 0.05) is 0 Å². The van der Waals surface area contributed by atoms with Crippen LogP contribution in [0, 0.1) is 10.1 Å². The van der Waals surface area contributed by atoms with Gasteiger partial charge in [-0.3, -0.25) is 19.9 Å². The van der Waals surface area contributed by atoms with Gasteiger partial charge in [0.2, 0.25) is 5.95 Å². The lowest BCUT2D eigenvalue weighted by molar-refractivity contribution is -0.385. The van der Waals surface area contributed by atoms with Crippen molar-refractivity contribution >= 4 is 17.9 Å². The van der Waals surface area contributed by atoms with Crippen LogP contribution in [0.2, 0.25) is 0 Å². The van der Waals surface area contributed by atoms with Crippen LogP contribution in [0.25, 0.3) is 0 Å². The summed E-state index contributed by atoms with van der Waals surface area (Å²) in [6.07, 6.45) is 2.06. The fourth-order valence-corrected chi connectivity index (χ4v) is 1.53. The Morgan fingerprint density at radius 3 is 2.95 bits per heavy atom. The van der Waals surface area contributed by atoms with E-state index in [0.717, 1.165) is 24.5 Å². The Kier molecular flexibility index (Phi) is 4.27. The normalized spacial score (nSPS) is 10.6. The first kappa shape index (κ1) is 14.9. The molecule has 0 amide bonds.